The van der Waals surface area contributed by atoms with E-state index in [2.05, 4.69) is 35.1 Å². The minimum absolute atomic E-state index is 0.114. The van der Waals surface area contributed by atoms with Crippen LogP contribution in [0.25, 0.3) is 0 Å². The van der Waals surface area contributed by atoms with Gasteiger partial charge in [-0.1, -0.05) is 219 Å². The maximum atomic E-state index is 14.0. The molecule has 127 heavy (non-hydrogen) atoms. The summed E-state index contributed by atoms with van der Waals surface area (Å²) < 4.78 is 72.7. The van der Waals surface area contributed by atoms with Gasteiger partial charge in [-0.2, -0.15) is 0 Å². The molecule has 40 heteroatoms. The Balaban J connectivity index is 1.22. The van der Waals surface area contributed by atoms with Gasteiger partial charge in [0.1, 0.15) is 140 Å². The molecule has 0 radical (unpaired) electrons. The smallest absolute Gasteiger partial charge is 0.364 e. The zero-order valence-corrected chi connectivity index (χ0v) is 74.8. The van der Waals surface area contributed by atoms with Crippen molar-refractivity contribution in [2.45, 2.75) is 461 Å². The Labute approximate surface area is 745 Å². The lowest BCUT2D eigenvalue weighted by Crippen LogP contribution is -2.72. The summed E-state index contributed by atoms with van der Waals surface area (Å²) in [6.07, 6.45) is -18.1. The number of hydrogen-bond acceptors (Lipinski definition) is 35. The molecule has 0 aromatic heterocycles. The molecule has 23 N–H and O–H groups in total. The Morgan fingerprint density at radius 1 is 0.409 bits per heavy atom. The number of nitrogens with one attached hydrogen (secondary N) is 4. The van der Waals surface area contributed by atoms with Gasteiger partial charge in [-0.05, 0) is 19.3 Å². The van der Waals surface area contributed by atoms with Crippen molar-refractivity contribution in [1.82, 2.24) is 21.3 Å². The number of allylic oxidation sites excluding steroid dienone is 1. The van der Waals surface area contributed by atoms with Gasteiger partial charge in [-0.25, -0.2) is 4.79 Å². The zero-order valence-electron chi connectivity index (χ0n) is 74.8. The summed E-state index contributed by atoms with van der Waals surface area (Å²) in [5.41, 5.74) is 0. The average Bonchev–Trinajstić information content (AvgIpc) is 0.751. The van der Waals surface area contributed by atoms with Crippen molar-refractivity contribution in [3.8, 4) is 0 Å². The van der Waals surface area contributed by atoms with Gasteiger partial charge >= 0.3 is 5.97 Å². The van der Waals surface area contributed by atoms with E-state index in [9.17, 15) is 121 Å². The number of carbonyl (C=O) groups is 5. The fraction of sp³-hybridized carbons (Fsp3) is 0.920. The lowest BCUT2D eigenvalue weighted by Gasteiger charge is -2.53. The molecule has 6 heterocycles. The van der Waals surface area contributed by atoms with Crippen LogP contribution >= 0.6 is 0 Å². The van der Waals surface area contributed by atoms with Crippen LogP contribution in [0.5, 0.6) is 0 Å². The fourth-order valence-corrected chi connectivity index (χ4v) is 17.3. The maximum absolute atomic E-state index is 14.0. The molecular formula is C87H156N4O36. The molecule has 0 bridgehead atoms. The monoisotopic (exact) mass is 1830 g/mol. The number of hydrogen-bond donors (Lipinski definition) is 23. The van der Waals surface area contributed by atoms with E-state index in [4.69, 9.17) is 56.8 Å². The van der Waals surface area contributed by atoms with Gasteiger partial charge in [0, 0.05) is 33.6 Å². The molecule has 0 aromatic carbocycles. The second-order valence-corrected chi connectivity index (χ2v) is 34.9. The third kappa shape index (κ3) is 35.0. The molecule has 0 spiro atoms. The molecule has 6 saturated heterocycles. The van der Waals surface area contributed by atoms with E-state index in [1.54, 1.807) is 6.08 Å². The minimum atomic E-state index is -3.44. The highest BCUT2D eigenvalue weighted by molar-refractivity contribution is 5.77. The largest absolute Gasteiger partial charge is 0.477 e. The molecule has 0 aromatic rings. The van der Waals surface area contributed by atoms with Gasteiger partial charge in [0.25, 0.3) is 5.79 Å². The lowest BCUT2D eigenvalue weighted by molar-refractivity contribution is -0.404. The highest BCUT2D eigenvalue weighted by atomic mass is 16.8. The van der Waals surface area contributed by atoms with Gasteiger partial charge < -0.3 is 175 Å². The third-order valence-corrected chi connectivity index (χ3v) is 24.6. The van der Waals surface area contributed by atoms with Crippen molar-refractivity contribution in [3.63, 3.8) is 0 Å². The first-order chi connectivity index (χ1) is 60.9. The molecule has 0 aliphatic carbocycles. The van der Waals surface area contributed by atoms with Crippen LogP contribution in [0.4, 0.5) is 0 Å². The fourth-order valence-electron chi connectivity index (χ4n) is 17.3. The Morgan fingerprint density at radius 2 is 0.787 bits per heavy atom. The standard InChI is InChI=1S/C87H156N4O36/c1-6-8-10-12-14-16-18-20-21-22-23-24-25-26-27-29-31-33-35-37-39-41-62(104)91-53(54(101)40-38-36-34-32-30-28-19-17-15-13-11-9-7-2)49-116-83-72(111)70(109)76(59(46-95)119-83)123-85-74(113)80(127-87(86(114)115)42-55(102)63(88-50(3)98)79(126-87)66(105)56(103)43-92)77(61(48-97)121-85)124-82-65(90-52(5)100)78(68(107)58(45-94)118-82)125-84-73(112)71(110)75(60(47-96)120-84)122-81-64(89-51(4)99)69(108)67(106)57(44-93)117-81/h38,40,53-61,63-85,92-97,101-103,105-113H,6-37,39,41-49H2,1-5H3,(H,88,98)(H,89,99)(H,90,100)(H,91,104)(H,114,115)/b40-38+/t53-,54+,55?,56+,57?,58?,59?,60?,61?,63+,64?,65?,66+,67-,68-,69+,70+,71+,72?,73?,74?,75-,76+,77-,78+,79?,80+,81-,82-,83+,84-,85-,87-/m0/s1. The van der Waals surface area contributed by atoms with Gasteiger partial charge in [-0.15, -0.1) is 0 Å². The lowest BCUT2D eigenvalue weighted by atomic mass is 9.88. The summed E-state index contributed by atoms with van der Waals surface area (Å²) in [5.74, 6) is -8.69. The van der Waals surface area contributed by atoms with Gasteiger partial charge in [0.15, 0.2) is 31.5 Å². The summed E-state index contributed by atoms with van der Waals surface area (Å²) in [7, 11) is 0. The van der Waals surface area contributed by atoms with Crippen LogP contribution in [0.3, 0.4) is 0 Å². The molecule has 740 valence electrons. The van der Waals surface area contributed by atoms with Crippen molar-refractivity contribution in [1.29, 1.82) is 0 Å². The third-order valence-electron chi connectivity index (χ3n) is 24.6. The predicted molar refractivity (Wildman–Crippen MR) is 450 cm³/mol. The second-order valence-electron chi connectivity index (χ2n) is 34.9. The van der Waals surface area contributed by atoms with Crippen molar-refractivity contribution in [2.24, 2.45) is 0 Å². The van der Waals surface area contributed by atoms with Crippen LogP contribution in [0, 0.1) is 0 Å². The first-order valence-electron chi connectivity index (χ1n) is 46.6. The molecular weight excluding hydrogens is 1680 g/mol. The molecule has 33 atom stereocenters. The molecule has 6 fully saturated rings. The molecule has 40 nitrogen and oxygen atoms in total. The number of aliphatic carboxylic acids is 1. The Bertz CT molecular complexity index is 3070. The molecule has 6 aliphatic rings. The summed E-state index contributed by atoms with van der Waals surface area (Å²) >= 11 is 0. The topological polar surface area (TPSA) is 629 Å². The van der Waals surface area contributed by atoms with Crippen molar-refractivity contribution >= 4 is 29.6 Å². The number of amides is 4. The maximum Gasteiger partial charge on any atom is 0.364 e. The van der Waals surface area contributed by atoms with Crippen molar-refractivity contribution in [3.05, 3.63) is 12.2 Å². The van der Waals surface area contributed by atoms with E-state index in [1.807, 2.05) is 0 Å². The SMILES string of the molecule is CCCCCCCCCCCCC/C=C/[C@@H](O)[C@H](CO[C@@H]1OC(CO)[C@@H](O[C@@H]2OC(CO)[C@H](O[C@@H]3OC(CO)[C@H](O)[C@H](O[C@@H]4OC(CO)[C@H](O[C@@H]5OC(CO)[C@H](O)[C@H](O)C5NC(C)=O)[C@H](O)C4O)C3NC(C)=O)[C@H](O[C@]3(C(=O)O)CC(O)[C@@H](NC(C)=O)C([C@H](O)[C@H](O)CO)O3)C2O)[C@H](O)C1O)NC(=O)CCCCCCCCCCCCCCCCCCCCCCC. The Hall–Kier alpha value is -4.11. The van der Waals surface area contributed by atoms with Crippen LogP contribution in [0.1, 0.15) is 259 Å². The van der Waals surface area contributed by atoms with Crippen molar-refractivity contribution < 1.29 is 178 Å². The Kier molecular flexibility index (Phi) is 52.4. The van der Waals surface area contributed by atoms with Gasteiger partial charge in [0.05, 0.1) is 70.5 Å². The average molecular weight is 1830 g/mol. The van der Waals surface area contributed by atoms with E-state index >= 15 is 0 Å². The number of carboxylic acid groups (broad SMARTS) is 1. The normalized spacial score (nSPS) is 34.6. The number of unbranched alkanes of at least 4 members (excludes halogenated alkanes) is 31. The van der Waals surface area contributed by atoms with Crippen molar-refractivity contribution in [2.75, 3.05) is 46.2 Å². The van der Waals surface area contributed by atoms with Gasteiger partial charge in [-0.3, -0.25) is 19.2 Å². The number of carbonyl (C=O) groups excluding carboxylic acids is 4. The molecule has 4 amide bonds. The first kappa shape index (κ1) is 112. The summed E-state index contributed by atoms with van der Waals surface area (Å²) in [6.45, 7) is 0.0358. The molecule has 12 unspecified atom stereocenters. The summed E-state index contributed by atoms with van der Waals surface area (Å²) in [4.78, 5) is 66.0. The number of aliphatic hydroxyl groups excluding tert-OH is 18. The summed E-state index contributed by atoms with van der Waals surface area (Å²) in [5, 5.41) is 225. The molecule has 0 saturated carbocycles. The van der Waals surface area contributed by atoms with Gasteiger partial charge in [0.2, 0.25) is 23.6 Å². The number of aliphatic hydroxyl groups is 18. The van der Waals surface area contributed by atoms with E-state index in [0.717, 1.165) is 85.0 Å². The molecule has 6 aliphatic heterocycles. The van der Waals surface area contributed by atoms with Crippen LogP contribution in [-0.4, -0.2) is 375 Å². The highest BCUT2D eigenvalue weighted by Gasteiger charge is 2.63. The summed E-state index contributed by atoms with van der Waals surface area (Å²) in [6, 6.07) is -6.62. The van der Waals surface area contributed by atoms with Crippen LogP contribution in [-0.2, 0) is 80.8 Å². The Morgan fingerprint density at radius 3 is 1.24 bits per heavy atom. The van der Waals surface area contributed by atoms with E-state index < -0.39 is 284 Å². The number of carboxylic acids is 1. The molecule has 6 rings (SSSR count). The van der Waals surface area contributed by atoms with E-state index in [1.165, 1.54) is 141 Å². The first-order valence-corrected chi connectivity index (χ1v) is 46.6. The zero-order chi connectivity index (χ0) is 93.3. The van der Waals surface area contributed by atoms with Crippen LogP contribution in [0.2, 0.25) is 0 Å². The number of ether oxygens (including phenoxy) is 12. The second kappa shape index (κ2) is 59.6. The minimum Gasteiger partial charge on any atom is -0.477 e. The predicted octanol–water partition coefficient (Wildman–Crippen LogP) is -0.734. The highest BCUT2D eigenvalue weighted by Crippen LogP contribution is 2.42. The van der Waals surface area contributed by atoms with E-state index in [-0.39, 0.29) is 6.42 Å². The van der Waals surface area contributed by atoms with E-state index in [0.29, 0.717) is 12.8 Å². The van der Waals surface area contributed by atoms with Crippen LogP contribution < -0.4 is 21.3 Å². The van der Waals surface area contributed by atoms with Crippen LogP contribution in [0.15, 0.2) is 12.2 Å². The number of rotatable bonds is 62. The quantitative estimate of drug-likeness (QED) is 0.0264.